The van der Waals surface area contributed by atoms with Gasteiger partial charge in [-0.05, 0) is 32.2 Å². The molecule has 1 heterocycles. The first-order chi connectivity index (χ1) is 6.06. The molecule has 0 bridgehead atoms. The first kappa shape index (κ1) is 10.2. The zero-order chi connectivity index (χ0) is 10.0. The molecule has 68 valence electrons. The van der Waals surface area contributed by atoms with Gasteiger partial charge in [0.1, 0.15) is 5.82 Å². The van der Waals surface area contributed by atoms with Gasteiger partial charge in [-0.2, -0.15) is 0 Å². The summed E-state index contributed by atoms with van der Waals surface area (Å²) in [4.78, 5) is 8.65. The van der Waals surface area contributed by atoms with Crippen molar-refractivity contribution in [2.75, 3.05) is 0 Å². The highest BCUT2D eigenvalue weighted by Gasteiger charge is 2.10. The van der Waals surface area contributed by atoms with Crippen LogP contribution < -0.4 is 0 Å². The monoisotopic (exact) mass is 174 g/mol. The Morgan fingerprint density at radius 1 is 1.23 bits per heavy atom. The Hall–Kier alpha value is -0.855. The normalized spacial score (nSPS) is 12.9. The molecule has 1 aromatic rings. The number of aryl methyl sites for hydroxylation is 2. The minimum atomic E-state index is 0.0420. The van der Waals surface area contributed by atoms with Crippen LogP contribution in [0.1, 0.15) is 41.9 Å². The minimum Gasteiger partial charge on any atom is -0.238 e. The molecule has 0 aliphatic rings. The van der Waals surface area contributed by atoms with E-state index in [0.717, 1.165) is 29.2 Å². The molecule has 0 aliphatic carbocycles. The molecule has 1 aromatic heterocycles. The molecule has 1 unspecified atom stereocenters. The summed E-state index contributed by atoms with van der Waals surface area (Å²) < 4.78 is 0. The molecule has 13 heavy (non-hydrogen) atoms. The van der Waals surface area contributed by atoms with Crippen LogP contribution in [0.2, 0.25) is 0 Å². The summed E-state index contributed by atoms with van der Waals surface area (Å²) in [5, 5.41) is 0. The van der Waals surface area contributed by atoms with E-state index in [1.807, 2.05) is 20.8 Å². The molecular formula is C10H15BN2. The lowest BCUT2D eigenvalue weighted by atomic mass is 9.80. The predicted octanol–water partition coefficient (Wildman–Crippen LogP) is 2.02. The second kappa shape index (κ2) is 3.90. The molecule has 0 spiro atoms. The van der Waals surface area contributed by atoms with Crippen molar-refractivity contribution in [3.8, 4) is 0 Å². The van der Waals surface area contributed by atoms with E-state index in [0.29, 0.717) is 0 Å². The van der Waals surface area contributed by atoms with Crippen LogP contribution in [0.25, 0.3) is 0 Å². The van der Waals surface area contributed by atoms with Gasteiger partial charge in [0.05, 0.1) is 7.85 Å². The minimum absolute atomic E-state index is 0.0420. The average molecular weight is 174 g/mol. The Bertz CT molecular complexity index is 310. The third kappa shape index (κ3) is 2.08. The topological polar surface area (TPSA) is 25.8 Å². The zero-order valence-corrected chi connectivity index (χ0v) is 8.76. The summed E-state index contributed by atoms with van der Waals surface area (Å²) in [6.45, 7) is 7.99. The SMILES string of the molecule is [B]C(CC)c1nc(C)nc(C)c1C. The van der Waals surface area contributed by atoms with Gasteiger partial charge in [0.25, 0.3) is 0 Å². The smallest absolute Gasteiger partial charge is 0.125 e. The van der Waals surface area contributed by atoms with Gasteiger partial charge in [0.15, 0.2) is 0 Å². The molecular weight excluding hydrogens is 159 g/mol. The summed E-state index contributed by atoms with van der Waals surface area (Å²) in [7, 11) is 5.94. The molecule has 0 saturated carbocycles. The average Bonchev–Trinajstić information content (AvgIpc) is 2.10. The fraction of sp³-hybridized carbons (Fsp3) is 0.600. The van der Waals surface area contributed by atoms with E-state index < -0.39 is 0 Å². The van der Waals surface area contributed by atoms with Gasteiger partial charge in [-0.1, -0.05) is 13.3 Å². The maximum absolute atomic E-state index is 5.94. The van der Waals surface area contributed by atoms with Crippen LogP contribution in [0.5, 0.6) is 0 Å². The second-order valence-electron chi connectivity index (χ2n) is 3.38. The third-order valence-electron chi connectivity index (χ3n) is 2.33. The van der Waals surface area contributed by atoms with Gasteiger partial charge in [-0.3, -0.25) is 0 Å². The van der Waals surface area contributed by atoms with Crippen molar-refractivity contribution in [2.45, 2.75) is 39.9 Å². The van der Waals surface area contributed by atoms with Crippen molar-refractivity contribution in [1.29, 1.82) is 0 Å². The van der Waals surface area contributed by atoms with Crippen LogP contribution in [-0.4, -0.2) is 17.8 Å². The van der Waals surface area contributed by atoms with E-state index in [-0.39, 0.29) is 5.82 Å². The molecule has 2 radical (unpaired) electrons. The number of rotatable bonds is 2. The lowest BCUT2D eigenvalue weighted by Crippen LogP contribution is -2.07. The van der Waals surface area contributed by atoms with E-state index in [1.54, 1.807) is 0 Å². The summed E-state index contributed by atoms with van der Waals surface area (Å²) >= 11 is 0. The Labute approximate surface area is 81.2 Å². The van der Waals surface area contributed by atoms with Crippen molar-refractivity contribution in [2.24, 2.45) is 0 Å². The standard InChI is InChI=1S/C10H15BN2/c1-5-9(11)10-6(2)7(3)12-8(4)13-10/h9H,5H2,1-4H3. The van der Waals surface area contributed by atoms with E-state index in [1.165, 1.54) is 0 Å². The molecule has 3 heteroatoms. The molecule has 0 aromatic carbocycles. The highest BCUT2D eigenvalue weighted by molar-refractivity contribution is 6.12. The lowest BCUT2D eigenvalue weighted by Gasteiger charge is -2.13. The van der Waals surface area contributed by atoms with Gasteiger partial charge in [-0.15, -0.1) is 0 Å². The fourth-order valence-corrected chi connectivity index (χ4v) is 1.35. The second-order valence-corrected chi connectivity index (χ2v) is 3.38. The summed E-state index contributed by atoms with van der Waals surface area (Å²) in [6.07, 6.45) is 0.913. The van der Waals surface area contributed by atoms with Gasteiger partial charge < -0.3 is 0 Å². The third-order valence-corrected chi connectivity index (χ3v) is 2.33. The van der Waals surface area contributed by atoms with Crippen LogP contribution in [0.4, 0.5) is 0 Å². The van der Waals surface area contributed by atoms with Crippen molar-refractivity contribution >= 4 is 7.85 Å². The Balaban J connectivity index is 3.20. The van der Waals surface area contributed by atoms with Crippen molar-refractivity contribution < 1.29 is 0 Å². The zero-order valence-electron chi connectivity index (χ0n) is 8.76. The van der Waals surface area contributed by atoms with Crippen LogP contribution in [0.3, 0.4) is 0 Å². The summed E-state index contributed by atoms with van der Waals surface area (Å²) in [6, 6.07) is 0. The van der Waals surface area contributed by atoms with Crippen molar-refractivity contribution in [3.05, 3.63) is 22.8 Å². The van der Waals surface area contributed by atoms with Gasteiger partial charge in [-0.25, -0.2) is 9.97 Å². The maximum Gasteiger partial charge on any atom is 0.125 e. The molecule has 1 atom stereocenters. The van der Waals surface area contributed by atoms with Crippen LogP contribution in [-0.2, 0) is 0 Å². The first-order valence-electron chi connectivity index (χ1n) is 4.63. The Kier molecular flexibility index (Phi) is 3.07. The van der Waals surface area contributed by atoms with Gasteiger partial charge in [0.2, 0.25) is 0 Å². The molecule has 1 rings (SSSR count). The summed E-state index contributed by atoms with van der Waals surface area (Å²) in [5.74, 6) is 0.849. The number of aromatic nitrogens is 2. The molecule has 0 saturated heterocycles. The highest BCUT2D eigenvalue weighted by Crippen LogP contribution is 2.19. The number of hydrogen-bond donors (Lipinski definition) is 0. The fourth-order valence-electron chi connectivity index (χ4n) is 1.35. The van der Waals surface area contributed by atoms with Gasteiger partial charge >= 0.3 is 0 Å². The molecule has 0 fully saturated rings. The maximum atomic E-state index is 5.94. The lowest BCUT2D eigenvalue weighted by molar-refractivity contribution is 0.804. The van der Waals surface area contributed by atoms with Gasteiger partial charge in [0, 0.05) is 11.4 Å². The van der Waals surface area contributed by atoms with Crippen LogP contribution in [0, 0.1) is 20.8 Å². The van der Waals surface area contributed by atoms with E-state index in [2.05, 4.69) is 16.9 Å². The Morgan fingerprint density at radius 3 is 2.38 bits per heavy atom. The molecule has 2 nitrogen and oxygen atoms in total. The Morgan fingerprint density at radius 2 is 1.85 bits per heavy atom. The predicted molar refractivity (Wildman–Crippen MR) is 55.0 cm³/mol. The van der Waals surface area contributed by atoms with Crippen molar-refractivity contribution in [1.82, 2.24) is 9.97 Å². The summed E-state index contributed by atoms with van der Waals surface area (Å²) in [5.41, 5.74) is 3.15. The molecule has 0 amide bonds. The molecule has 0 aliphatic heterocycles. The molecule has 0 N–H and O–H groups in total. The van der Waals surface area contributed by atoms with E-state index in [9.17, 15) is 0 Å². The van der Waals surface area contributed by atoms with E-state index in [4.69, 9.17) is 7.85 Å². The number of nitrogens with zero attached hydrogens (tertiary/aromatic N) is 2. The van der Waals surface area contributed by atoms with E-state index >= 15 is 0 Å². The number of hydrogen-bond acceptors (Lipinski definition) is 2. The highest BCUT2D eigenvalue weighted by atomic mass is 14.9. The van der Waals surface area contributed by atoms with Crippen molar-refractivity contribution in [3.63, 3.8) is 0 Å². The quantitative estimate of drug-likeness (QED) is 0.641. The van der Waals surface area contributed by atoms with Crippen LogP contribution >= 0.6 is 0 Å². The largest absolute Gasteiger partial charge is 0.238 e. The first-order valence-corrected chi connectivity index (χ1v) is 4.63. The van der Waals surface area contributed by atoms with Crippen LogP contribution in [0.15, 0.2) is 0 Å².